The summed E-state index contributed by atoms with van der Waals surface area (Å²) in [6.45, 7) is 2.32. The van der Waals surface area contributed by atoms with Gasteiger partial charge in [-0.2, -0.15) is 0 Å². The Balaban J connectivity index is 1.36. The van der Waals surface area contributed by atoms with Crippen molar-refractivity contribution in [2.24, 2.45) is 0 Å². The van der Waals surface area contributed by atoms with E-state index in [0.717, 1.165) is 37.2 Å². The van der Waals surface area contributed by atoms with E-state index in [4.69, 9.17) is 4.98 Å². The van der Waals surface area contributed by atoms with Gasteiger partial charge in [0.25, 0.3) is 5.56 Å². The molecule has 0 saturated carbocycles. The number of aromatic amines is 1. The van der Waals surface area contributed by atoms with Gasteiger partial charge in [-0.3, -0.25) is 4.79 Å². The van der Waals surface area contributed by atoms with Crippen LogP contribution in [0.1, 0.15) is 24.3 Å². The van der Waals surface area contributed by atoms with Crippen molar-refractivity contribution in [1.29, 1.82) is 0 Å². The van der Waals surface area contributed by atoms with Crippen molar-refractivity contribution in [3.63, 3.8) is 0 Å². The first-order valence-corrected chi connectivity index (χ1v) is 17.0. The maximum absolute atomic E-state index is 12.7. The molecule has 1 aliphatic rings. The van der Waals surface area contributed by atoms with Crippen molar-refractivity contribution in [2.75, 3.05) is 43.2 Å². The van der Waals surface area contributed by atoms with Crippen molar-refractivity contribution in [1.82, 2.24) is 14.9 Å². The number of sulfone groups is 2. The van der Waals surface area contributed by atoms with E-state index in [1.807, 2.05) is 24.3 Å². The van der Waals surface area contributed by atoms with Crippen LogP contribution in [0.2, 0.25) is 0 Å². The molecule has 0 unspecified atom stereocenters. The summed E-state index contributed by atoms with van der Waals surface area (Å²) in [5.74, 6) is 1.01. The average molecular weight is 581 g/mol. The first kappa shape index (κ1) is 28.0. The number of rotatable bonds is 8. The molecule has 1 fully saturated rings. The van der Waals surface area contributed by atoms with Crippen LogP contribution < -0.4 is 10.9 Å². The van der Waals surface area contributed by atoms with Crippen LogP contribution in [0, 0.1) is 0 Å². The number of H-pyrrole nitrogens is 1. The molecule has 0 bridgehead atoms. The van der Waals surface area contributed by atoms with Crippen LogP contribution in [0.5, 0.6) is 0 Å². The van der Waals surface area contributed by atoms with Gasteiger partial charge in [0.1, 0.15) is 15.7 Å². The number of anilines is 2. The van der Waals surface area contributed by atoms with E-state index in [0.29, 0.717) is 34.7 Å². The molecule has 0 aliphatic carbocycles. The minimum Gasteiger partial charge on any atom is -0.340 e. The lowest BCUT2D eigenvalue weighted by Crippen LogP contribution is -2.36. The lowest BCUT2D eigenvalue weighted by molar-refractivity contribution is 0.223. The molecule has 2 aromatic heterocycles. The molecular weight excluding hydrogens is 548 g/mol. The maximum Gasteiger partial charge on any atom is 0.259 e. The zero-order valence-corrected chi connectivity index (χ0v) is 24.1. The van der Waals surface area contributed by atoms with E-state index in [-0.39, 0.29) is 16.2 Å². The number of benzene rings is 2. The Morgan fingerprint density at radius 1 is 0.950 bits per heavy atom. The number of pyridine rings is 2. The summed E-state index contributed by atoms with van der Waals surface area (Å²) in [6, 6.07) is 18.3. The van der Waals surface area contributed by atoms with E-state index < -0.39 is 19.7 Å². The maximum atomic E-state index is 12.7. The summed E-state index contributed by atoms with van der Waals surface area (Å²) >= 11 is 0. The number of fused-ring (bicyclic) bond motifs is 1. The van der Waals surface area contributed by atoms with Crippen molar-refractivity contribution in [3.8, 4) is 11.3 Å². The number of hydrogen-bond acceptors (Lipinski definition) is 8. The average Bonchev–Trinajstić information content (AvgIpc) is 2.92. The summed E-state index contributed by atoms with van der Waals surface area (Å²) in [5.41, 5.74) is 3.10. The van der Waals surface area contributed by atoms with E-state index in [2.05, 4.69) is 27.3 Å². The Bertz CT molecular complexity index is 1790. The second-order valence-electron chi connectivity index (χ2n) is 10.4. The molecule has 40 heavy (non-hydrogen) atoms. The van der Waals surface area contributed by atoms with E-state index >= 15 is 0 Å². The van der Waals surface area contributed by atoms with Gasteiger partial charge < -0.3 is 15.2 Å². The molecule has 11 heteroatoms. The summed E-state index contributed by atoms with van der Waals surface area (Å²) in [5, 5.41) is 4.46. The topological polar surface area (TPSA) is 129 Å². The largest absolute Gasteiger partial charge is 0.340 e. The van der Waals surface area contributed by atoms with Gasteiger partial charge in [0.2, 0.25) is 0 Å². The van der Waals surface area contributed by atoms with Gasteiger partial charge in [-0.05, 0) is 79.2 Å². The van der Waals surface area contributed by atoms with Gasteiger partial charge in [0.05, 0.1) is 21.7 Å². The van der Waals surface area contributed by atoms with Crippen LogP contribution >= 0.6 is 0 Å². The Labute approximate surface area is 234 Å². The quantitative estimate of drug-likeness (QED) is 0.320. The molecule has 2 N–H and O–H groups in total. The van der Waals surface area contributed by atoms with Crippen LogP contribution in [0.4, 0.5) is 11.5 Å². The SMILES string of the molecule is CS(=O)(=O)CCN1CCC(c2ccc(Nc3nc(-c4ccc(S(C)(=O)=O)cc4)cc4cc[nH]c(=O)c34)cc2)CC1. The van der Waals surface area contributed by atoms with E-state index in [1.54, 1.807) is 30.5 Å². The van der Waals surface area contributed by atoms with Gasteiger partial charge in [0, 0.05) is 36.5 Å². The van der Waals surface area contributed by atoms with Crippen molar-refractivity contribution in [3.05, 3.63) is 82.8 Å². The van der Waals surface area contributed by atoms with Gasteiger partial charge in [0.15, 0.2) is 9.84 Å². The molecule has 0 atom stereocenters. The zero-order chi connectivity index (χ0) is 28.5. The Kier molecular flexibility index (Phi) is 7.80. The van der Waals surface area contributed by atoms with Crippen LogP contribution in [0.15, 0.2) is 76.6 Å². The zero-order valence-electron chi connectivity index (χ0n) is 22.4. The summed E-state index contributed by atoms with van der Waals surface area (Å²) < 4.78 is 46.7. The van der Waals surface area contributed by atoms with Crippen molar-refractivity contribution >= 4 is 42.0 Å². The van der Waals surface area contributed by atoms with Gasteiger partial charge in [-0.1, -0.05) is 24.3 Å². The van der Waals surface area contributed by atoms with Gasteiger partial charge in [-0.25, -0.2) is 21.8 Å². The molecule has 9 nitrogen and oxygen atoms in total. The van der Waals surface area contributed by atoms with Crippen molar-refractivity contribution < 1.29 is 16.8 Å². The molecular formula is C29H32N4O5S2. The summed E-state index contributed by atoms with van der Waals surface area (Å²) in [6.07, 6.45) is 5.97. The molecule has 3 heterocycles. The third-order valence-electron chi connectivity index (χ3n) is 7.34. The monoisotopic (exact) mass is 580 g/mol. The molecule has 210 valence electrons. The lowest BCUT2D eigenvalue weighted by Gasteiger charge is -2.32. The summed E-state index contributed by atoms with van der Waals surface area (Å²) in [7, 11) is -6.28. The van der Waals surface area contributed by atoms with Gasteiger partial charge in [-0.15, -0.1) is 0 Å². The highest BCUT2D eigenvalue weighted by Gasteiger charge is 2.21. The third-order valence-corrected chi connectivity index (χ3v) is 9.40. The van der Waals surface area contributed by atoms with Gasteiger partial charge >= 0.3 is 0 Å². The van der Waals surface area contributed by atoms with Crippen LogP contribution in [-0.4, -0.2) is 69.6 Å². The van der Waals surface area contributed by atoms with E-state index in [9.17, 15) is 21.6 Å². The molecule has 1 saturated heterocycles. The smallest absolute Gasteiger partial charge is 0.259 e. The number of nitrogens with zero attached hydrogens (tertiary/aromatic N) is 2. The fourth-order valence-electron chi connectivity index (χ4n) is 5.09. The molecule has 0 radical (unpaired) electrons. The molecule has 1 aliphatic heterocycles. The highest BCUT2D eigenvalue weighted by molar-refractivity contribution is 7.91. The Morgan fingerprint density at radius 3 is 2.25 bits per heavy atom. The molecule has 4 aromatic rings. The molecule has 0 amide bonds. The number of likely N-dealkylation sites (tertiary alicyclic amines) is 1. The number of piperidine rings is 1. The fourth-order valence-corrected chi connectivity index (χ4v) is 6.31. The molecule has 2 aromatic carbocycles. The standard InChI is InChI=1S/C29H32N4O5S2/c1-39(35,36)18-17-33-15-12-21(13-16-33)20-3-7-24(8-4-20)31-28-27-23(11-14-30-29(27)34)19-26(32-28)22-5-9-25(10-6-22)40(2,37)38/h3-11,14,19,21H,12-13,15-18H2,1-2H3,(H,30,34)(H,31,32). The van der Waals surface area contributed by atoms with Crippen LogP contribution in [-0.2, 0) is 19.7 Å². The lowest BCUT2D eigenvalue weighted by atomic mass is 9.89. The first-order valence-electron chi connectivity index (χ1n) is 13.1. The minimum atomic E-state index is -3.32. The summed E-state index contributed by atoms with van der Waals surface area (Å²) in [4.78, 5) is 22.6. The van der Waals surface area contributed by atoms with Crippen molar-refractivity contribution in [2.45, 2.75) is 23.7 Å². The molecule has 0 spiro atoms. The number of nitrogens with one attached hydrogen (secondary N) is 2. The Morgan fingerprint density at radius 2 is 1.62 bits per heavy atom. The third kappa shape index (κ3) is 6.60. The van der Waals surface area contributed by atoms with E-state index in [1.165, 1.54) is 18.1 Å². The first-order chi connectivity index (χ1) is 19.0. The normalized spacial score (nSPS) is 15.3. The molecule has 5 rings (SSSR count). The fraction of sp³-hybridized carbons (Fsp3) is 0.310. The predicted molar refractivity (Wildman–Crippen MR) is 159 cm³/mol. The predicted octanol–water partition coefficient (Wildman–Crippen LogP) is 3.96. The van der Waals surface area contributed by atoms with Crippen LogP contribution in [0.25, 0.3) is 22.0 Å². The van der Waals surface area contributed by atoms with Crippen LogP contribution in [0.3, 0.4) is 0 Å². The number of aromatic nitrogens is 2. The number of hydrogen-bond donors (Lipinski definition) is 2. The minimum absolute atomic E-state index is 0.191. The second kappa shape index (κ2) is 11.1. The highest BCUT2D eigenvalue weighted by atomic mass is 32.2. The second-order valence-corrected chi connectivity index (χ2v) is 14.7. The highest BCUT2D eigenvalue weighted by Crippen LogP contribution is 2.31. The Hall–Kier alpha value is -3.54.